The number of carbonyl (C=O) groups excluding carboxylic acids is 1. The molecule has 0 aliphatic heterocycles. The van der Waals surface area contributed by atoms with E-state index >= 15 is 0 Å². The Morgan fingerprint density at radius 1 is 1.40 bits per heavy atom. The predicted molar refractivity (Wildman–Crippen MR) is 85.5 cm³/mol. The van der Waals surface area contributed by atoms with Crippen LogP contribution in [0.25, 0.3) is 0 Å². The van der Waals surface area contributed by atoms with Gasteiger partial charge in [-0.2, -0.15) is 0 Å². The van der Waals surface area contributed by atoms with Crippen molar-refractivity contribution in [3.05, 3.63) is 51.6 Å². The molecule has 104 valence electrons. The van der Waals surface area contributed by atoms with Gasteiger partial charge in [-0.3, -0.25) is 4.79 Å². The first-order chi connectivity index (χ1) is 9.61. The molecule has 0 fully saturated rings. The van der Waals surface area contributed by atoms with Crippen LogP contribution in [-0.2, 0) is 0 Å². The van der Waals surface area contributed by atoms with Crippen molar-refractivity contribution in [1.29, 1.82) is 0 Å². The molecule has 0 atom stereocenters. The first-order valence-electron chi connectivity index (χ1n) is 6.07. The van der Waals surface area contributed by atoms with Gasteiger partial charge in [-0.05, 0) is 53.2 Å². The number of nitrogens with zero attached hydrogens (tertiary/aromatic N) is 1. The lowest BCUT2D eigenvalue weighted by atomic mass is 10.2. The number of benzene rings is 1. The third kappa shape index (κ3) is 3.49. The molecule has 0 aliphatic rings. The number of hydrogen-bond acceptors (Lipinski definition) is 3. The molecule has 6 heteroatoms. The lowest BCUT2D eigenvalue weighted by Gasteiger charge is -2.11. The lowest BCUT2D eigenvalue weighted by Crippen LogP contribution is -2.16. The van der Waals surface area contributed by atoms with Crippen LogP contribution in [0.2, 0.25) is 5.02 Å². The first-order valence-corrected chi connectivity index (χ1v) is 7.24. The van der Waals surface area contributed by atoms with Gasteiger partial charge in [0.05, 0.1) is 11.3 Å². The van der Waals surface area contributed by atoms with Gasteiger partial charge in [-0.1, -0.05) is 11.6 Å². The van der Waals surface area contributed by atoms with E-state index in [1.54, 1.807) is 36.5 Å². The highest BCUT2D eigenvalue weighted by Gasteiger charge is 2.13. The molecule has 0 saturated heterocycles. The van der Waals surface area contributed by atoms with E-state index in [1.165, 1.54) is 0 Å². The van der Waals surface area contributed by atoms with Crippen molar-refractivity contribution in [3.8, 4) is 0 Å². The van der Waals surface area contributed by atoms with Crippen molar-refractivity contribution in [2.75, 3.05) is 17.2 Å². The molecule has 0 aliphatic carbocycles. The largest absolute Gasteiger partial charge is 0.370 e. The van der Waals surface area contributed by atoms with Gasteiger partial charge >= 0.3 is 0 Å². The molecule has 1 amide bonds. The van der Waals surface area contributed by atoms with E-state index in [4.69, 9.17) is 11.6 Å². The standard InChI is InChI=1S/C14H13BrClN3O/c1-2-17-13-10(4-3-7-18-13)14(20)19-12-8-9(16)5-6-11(12)15/h3-8H,2H2,1H3,(H,17,18)(H,19,20). The Bertz CT molecular complexity index is 634. The minimum atomic E-state index is -0.239. The highest BCUT2D eigenvalue weighted by atomic mass is 79.9. The fraction of sp³-hybridized carbons (Fsp3) is 0.143. The minimum absolute atomic E-state index is 0.239. The third-order valence-corrected chi connectivity index (χ3v) is 3.50. The molecule has 4 nitrogen and oxygen atoms in total. The highest BCUT2D eigenvalue weighted by Crippen LogP contribution is 2.26. The zero-order valence-electron chi connectivity index (χ0n) is 10.8. The highest BCUT2D eigenvalue weighted by molar-refractivity contribution is 9.10. The molecular formula is C14H13BrClN3O. The fourth-order valence-corrected chi connectivity index (χ4v) is 2.20. The lowest BCUT2D eigenvalue weighted by molar-refractivity contribution is 0.102. The Kier molecular flexibility index (Phi) is 4.98. The fourth-order valence-electron chi connectivity index (χ4n) is 1.68. The Morgan fingerprint density at radius 3 is 2.95 bits per heavy atom. The van der Waals surface area contributed by atoms with Crippen molar-refractivity contribution in [2.45, 2.75) is 6.92 Å². The smallest absolute Gasteiger partial charge is 0.259 e. The van der Waals surface area contributed by atoms with Gasteiger partial charge in [0.1, 0.15) is 5.82 Å². The average Bonchev–Trinajstić information content (AvgIpc) is 2.44. The summed E-state index contributed by atoms with van der Waals surface area (Å²) < 4.78 is 0.768. The van der Waals surface area contributed by atoms with Crippen molar-refractivity contribution in [2.24, 2.45) is 0 Å². The van der Waals surface area contributed by atoms with Crippen molar-refractivity contribution < 1.29 is 4.79 Å². The molecule has 1 aromatic carbocycles. The Labute approximate surface area is 130 Å². The normalized spacial score (nSPS) is 10.2. The van der Waals surface area contributed by atoms with Gasteiger partial charge in [0, 0.05) is 22.2 Å². The number of carbonyl (C=O) groups is 1. The van der Waals surface area contributed by atoms with E-state index in [1.807, 2.05) is 6.92 Å². The molecule has 2 N–H and O–H groups in total. The summed E-state index contributed by atoms with van der Waals surface area (Å²) >= 11 is 9.31. The monoisotopic (exact) mass is 353 g/mol. The third-order valence-electron chi connectivity index (χ3n) is 2.57. The number of aromatic nitrogens is 1. The predicted octanol–water partition coefficient (Wildman–Crippen LogP) is 4.18. The van der Waals surface area contributed by atoms with E-state index in [-0.39, 0.29) is 5.91 Å². The number of nitrogens with one attached hydrogen (secondary N) is 2. The Morgan fingerprint density at radius 2 is 2.20 bits per heavy atom. The summed E-state index contributed by atoms with van der Waals surface area (Å²) in [7, 11) is 0. The molecule has 2 rings (SSSR count). The van der Waals surface area contributed by atoms with E-state index < -0.39 is 0 Å². The molecular weight excluding hydrogens is 342 g/mol. The topological polar surface area (TPSA) is 54.0 Å². The van der Waals surface area contributed by atoms with Crippen molar-refractivity contribution >= 4 is 44.9 Å². The van der Waals surface area contributed by atoms with Crippen molar-refractivity contribution in [1.82, 2.24) is 4.98 Å². The van der Waals surface area contributed by atoms with Crippen LogP contribution in [0.1, 0.15) is 17.3 Å². The van der Waals surface area contributed by atoms with Gasteiger partial charge in [-0.25, -0.2) is 4.98 Å². The van der Waals surface area contributed by atoms with Gasteiger partial charge in [0.15, 0.2) is 0 Å². The van der Waals surface area contributed by atoms with Crippen LogP contribution < -0.4 is 10.6 Å². The molecule has 0 spiro atoms. The van der Waals surface area contributed by atoms with Gasteiger partial charge in [0.25, 0.3) is 5.91 Å². The quantitative estimate of drug-likeness (QED) is 0.866. The Balaban J connectivity index is 2.26. The van der Waals surface area contributed by atoms with Crippen LogP contribution in [0.4, 0.5) is 11.5 Å². The second kappa shape index (κ2) is 6.72. The maximum Gasteiger partial charge on any atom is 0.259 e. The van der Waals surface area contributed by atoms with E-state index in [2.05, 4.69) is 31.5 Å². The zero-order valence-corrected chi connectivity index (χ0v) is 13.1. The number of pyridine rings is 1. The molecule has 2 aromatic rings. The summed E-state index contributed by atoms with van der Waals surface area (Å²) in [6.07, 6.45) is 1.64. The summed E-state index contributed by atoms with van der Waals surface area (Å²) in [4.78, 5) is 16.5. The van der Waals surface area contributed by atoms with Gasteiger partial charge in [-0.15, -0.1) is 0 Å². The van der Waals surface area contributed by atoms with Crippen molar-refractivity contribution in [3.63, 3.8) is 0 Å². The van der Waals surface area contributed by atoms with E-state index in [0.29, 0.717) is 28.6 Å². The van der Waals surface area contributed by atoms with Gasteiger partial charge < -0.3 is 10.6 Å². The van der Waals surface area contributed by atoms with E-state index in [0.717, 1.165) is 4.47 Å². The minimum Gasteiger partial charge on any atom is -0.370 e. The molecule has 20 heavy (non-hydrogen) atoms. The molecule has 0 unspecified atom stereocenters. The number of anilines is 2. The van der Waals surface area contributed by atoms with Crippen LogP contribution in [0, 0.1) is 0 Å². The summed E-state index contributed by atoms with van der Waals surface area (Å²) in [6, 6.07) is 8.66. The van der Waals surface area contributed by atoms with Gasteiger partial charge in [0.2, 0.25) is 0 Å². The van der Waals surface area contributed by atoms with E-state index in [9.17, 15) is 4.79 Å². The molecule has 0 radical (unpaired) electrons. The Hall–Kier alpha value is -1.59. The second-order valence-electron chi connectivity index (χ2n) is 4.01. The molecule has 0 saturated carbocycles. The maximum absolute atomic E-state index is 12.3. The summed E-state index contributed by atoms with van der Waals surface area (Å²) in [5, 5.41) is 6.43. The van der Waals surface area contributed by atoms with Crippen LogP contribution in [0.15, 0.2) is 41.0 Å². The van der Waals surface area contributed by atoms with Crippen LogP contribution in [0.3, 0.4) is 0 Å². The summed E-state index contributed by atoms with van der Waals surface area (Å²) in [5.74, 6) is 0.322. The van der Waals surface area contributed by atoms with Crippen LogP contribution in [0.5, 0.6) is 0 Å². The number of rotatable bonds is 4. The molecule has 1 heterocycles. The summed E-state index contributed by atoms with van der Waals surface area (Å²) in [6.45, 7) is 2.64. The maximum atomic E-state index is 12.3. The zero-order chi connectivity index (χ0) is 14.5. The number of amides is 1. The average molecular weight is 355 g/mol. The van der Waals surface area contributed by atoms with Crippen LogP contribution >= 0.6 is 27.5 Å². The number of halogens is 2. The SMILES string of the molecule is CCNc1ncccc1C(=O)Nc1cc(Cl)ccc1Br. The first kappa shape index (κ1) is 14.8. The molecule has 0 bridgehead atoms. The number of hydrogen-bond donors (Lipinski definition) is 2. The summed E-state index contributed by atoms with van der Waals surface area (Å²) in [5.41, 5.74) is 1.11. The van der Waals surface area contributed by atoms with Crippen LogP contribution in [-0.4, -0.2) is 17.4 Å². The second-order valence-corrected chi connectivity index (χ2v) is 5.30. The molecule has 1 aromatic heterocycles.